The first-order valence-corrected chi connectivity index (χ1v) is 8.17. The smallest absolute Gasteiger partial charge is 0.260 e. The van der Waals surface area contributed by atoms with Gasteiger partial charge in [-0.05, 0) is 57.0 Å². The lowest BCUT2D eigenvalue weighted by molar-refractivity contribution is -0.127. The highest BCUT2D eigenvalue weighted by Gasteiger charge is 2.14. The zero-order valence-electron chi connectivity index (χ0n) is 14.8. The summed E-state index contributed by atoms with van der Waals surface area (Å²) in [5.74, 6) is 1.39. The third-order valence-electron chi connectivity index (χ3n) is 3.66. The van der Waals surface area contributed by atoms with E-state index in [1.54, 1.807) is 6.92 Å². The minimum absolute atomic E-state index is 0.152. The quantitative estimate of drug-likeness (QED) is 0.791. The average molecular weight is 327 g/mol. The Morgan fingerprint density at radius 2 is 1.83 bits per heavy atom. The highest BCUT2D eigenvalue weighted by atomic mass is 16.5. The lowest BCUT2D eigenvalue weighted by Crippen LogP contribution is -2.38. The monoisotopic (exact) mass is 327 g/mol. The van der Waals surface area contributed by atoms with Crippen LogP contribution in [0.2, 0.25) is 0 Å². The molecular formula is C20H25NO3. The molecule has 4 nitrogen and oxygen atoms in total. The van der Waals surface area contributed by atoms with Crippen LogP contribution in [0.4, 0.5) is 0 Å². The van der Waals surface area contributed by atoms with Gasteiger partial charge in [0.2, 0.25) is 0 Å². The van der Waals surface area contributed by atoms with E-state index in [0.717, 1.165) is 16.9 Å². The molecule has 0 bridgehead atoms. The molecule has 2 aromatic rings. The van der Waals surface area contributed by atoms with Crippen LogP contribution in [-0.4, -0.2) is 25.2 Å². The molecular weight excluding hydrogens is 302 g/mol. The Bertz CT molecular complexity index is 697. The highest BCUT2D eigenvalue weighted by Crippen LogP contribution is 2.18. The highest BCUT2D eigenvalue weighted by molar-refractivity contribution is 5.80. The zero-order chi connectivity index (χ0) is 17.5. The molecule has 0 saturated heterocycles. The van der Waals surface area contributed by atoms with Crippen molar-refractivity contribution in [3.05, 3.63) is 59.2 Å². The molecule has 0 aromatic heterocycles. The number of carbonyl (C=O) groups excluding carboxylic acids is 1. The van der Waals surface area contributed by atoms with E-state index in [-0.39, 0.29) is 5.91 Å². The lowest BCUT2D eigenvalue weighted by atomic mass is 10.1. The molecule has 0 fully saturated rings. The van der Waals surface area contributed by atoms with Crippen molar-refractivity contribution in [2.45, 2.75) is 33.8 Å². The molecule has 1 atom stereocenters. The van der Waals surface area contributed by atoms with Gasteiger partial charge in [-0.2, -0.15) is 0 Å². The van der Waals surface area contributed by atoms with Crippen molar-refractivity contribution in [2.24, 2.45) is 0 Å². The molecule has 0 heterocycles. The summed E-state index contributed by atoms with van der Waals surface area (Å²) >= 11 is 0. The second-order valence-corrected chi connectivity index (χ2v) is 5.99. The van der Waals surface area contributed by atoms with Crippen molar-refractivity contribution in [1.82, 2.24) is 5.32 Å². The molecule has 1 N–H and O–H groups in total. The van der Waals surface area contributed by atoms with Gasteiger partial charge in [0, 0.05) is 0 Å². The van der Waals surface area contributed by atoms with Gasteiger partial charge in [-0.3, -0.25) is 4.79 Å². The summed E-state index contributed by atoms with van der Waals surface area (Å²) in [6, 6.07) is 13.7. The van der Waals surface area contributed by atoms with Crippen LogP contribution in [0.5, 0.6) is 11.5 Å². The fourth-order valence-electron chi connectivity index (χ4n) is 2.39. The molecule has 0 aliphatic carbocycles. The first kappa shape index (κ1) is 17.9. The number of hydrogen-bond acceptors (Lipinski definition) is 3. The van der Waals surface area contributed by atoms with E-state index >= 15 is 0 Å². The first-order chi connectivity index (χ1) is 11.5. The Balaban J connectivity index is 1.74. The maximum Gasteiger partial charge on any atom is 0.260 e. The molecule has 128 valence electrons. The maximum atomic E-state index is 12.1. The average Bonchev–Trinajstić information content (AvgIpc) is 2.53. The number of hydrogen-bond donors (Lipinski definition) is 1. The van der Waals surface area contributed by atoms with E-state index in [1.165, 1.54) is 5.56 Å². The van der Waals surface area contributed by atoms with E-state index in [0.29, 0.717) is 18.9 Å². The maximum absolute atomic E-state index is 12.1. The minimum Gasteiger partial charge on any atom is -0.491 e. The molecule has 0 aliphatic heterocycles. The van der Waals surface area contributed by atoms with Crippen LogP contribution in [0, 0.1) is 20.8 Å². The van der Waals surface area contributed by atoms with Crippen LogP contribution in [0.15, 0.2) is 42.5 Å². The van der Waals surface area contributed by atoms with E-state index in [4.69, 9.17) is 9.47 Å². The van der Waals surface area contributed by atoms with Gasteiger partial charge in [0.25, 0.3) is 5.91 Å². The second kappa shape index (κ2) is 8.39. The first-order valence-electron chi connectivity index (χ1n) is 8.17. The zero-order valence-corrected chi connectivity index (χ0v) is 14.8. The fraction of sp³-hybridized carbons (Fsp3) is 0.350. The molecule has 0 radical (unpaired) electrons. The van der Waals surface area contributed by atoms with E-state index in [9.17, 15) is 4.79 Å². The van der Waals surface area contributed by atoms with Gasteiger partial charge in [0.1, 0.15) is 18.1 Å². The van der Waals surface area contributed by atoms with Crippen LogP contribution in [0.25, 0.3) is 0 Å². The number of carbonyl (C=O) groups is 1. The Labute approximate surface area is 143 Å². The molecule has 0 unspecified atom stereocenters. The van der Waals surface area contributed by atoms with Crippen molar-refractivity contribution in [1.29, 1.82) is 0 Å². The molecule has 0 aliphatic rings. The predicted octanol–water partition coefficient (Wildman–Crippen LogP) is 3.57. The van der Waals surface area contributed by atoms with Crippen LogP contribution in [0.1, 0.15) is 23.6 Å². The molecule has 2 aromatic carbocycles. The van der Waals surface area contributed by atoms with Gasteiger partial charge in [0.15, 0.2) is 6.10 Å². The van der Waals surface area contributed by atoms with Crippen molar-refractivity contribution < 1.29 is 14.3 Å². The van der Waals surface area contributed by atoms with Crippen molar-refractivity contribution in [2.75, 3.05) is 13.2 Å². The normalized spacial score (nSPS) is 11.7. The number of nitrogens with one attached hydrogen (secondary N) is 1. The Hall–Kier alpha value is -2.49. The van der Waals surface area contributed by atoms with E-state index in [2.05, 4.69) is 11.4 Å². The van der Waals surface area contributed by atoms with Crippen LogP contribution in [-0.2, 0) is 4.79 Å². The summed E-state index contributed by atoms with van der Waals surface area (Å²) in [6.45, 7) is 8.65. The largest absolute Gasteiger partial charge is 0.491 e. The summed E-state index contributed by atoms with van der Waals surface area (Å²) < 4.78 is 11.4. The van der Waals surface area contributed by atoms with Crippen molar-refractivity contribution in [3.8, 4) is 11.5 Å². The second-order valence-electron chi connectivity index (χ2n) is 5.99. The number of benzene rings is 2. The topological polar surface area (TPSA) is 47.6 Å². The molecule has 2 rings (SSSR count). The molecule has 1 amide bonds. The standard InChI is InChI=1S/C20H25NO3/c1-14-6-5-7-18(13-14)24-17(4)20(22)21-10-11-23-19-9-8-15(2)12-16(19)3/h5-9,12-13,17H,10-11H2,1-4H3,(H,21,22)/t17-/m1/s1. The summed E-state index contributed by atoms with van der Waals surface area (Å²) in [4.78, 5) is 12.1. The molecule has 4 heteroatoms. The van der Waals surface area contributed by atoms with Gasteiger partial charge in [-0.15, -0.1) is 0 Å². The molecule has 0 spiro atoms. The summed E-state index contributed by atoms with van der Waals surface area (Å²) in [7, 11) is 0. The van der Waals surface area contributed by atoms with Crippen LogP contribution < -0.4 is 14.8 Å². The fourth-order valence-corrected chi connectivity index (χ4v) is 2.39. The number of rotatable bonds is 7. The van der Waals surface area contributed by atoms with Gasteiger partial charge >= 0.3 is 0 Å². The van der Waals surface area contributed by atoms with Gasteiger partial charge in [-0.1, -0.05) is 29.8 Å². The Kier molecular flexibility index (Phi) is 6.24. The number of amides is 1. The van der Waals surface area contributed by atoms with Crippen molar-refractivity contribution >= 4 is 5.91 Å². The lowest BCUT2D eigenvalue weighted by Gasteiger charge is -2.15. The summed E-state index contributed by atoms with van der Waals surface area (Å²) in [5, 5.41) is 2.83. The number of ether oxygens (including phenoxy) is 2. The summed E-state index contributed by atoms with van der Waals surface area (Å²) in [5.41, 5.74) is 3.40. The Morgan fingerprint density at radius 3 is 2.54 bits per heavy atom. The van der Waals surface area contributed by atoms with Crippen LogP contribution >= 0.6 is 0 Å². The van der Waals surface area contributed by atoms with E-state index in [1.807, 2.05) is 57.2 Å². The van der Waals surface area contributed by atoms with Crippen LogP contribution in [0.3, 0.4) is 0 Å². The third-order valence-corrected chi connectivity index (χ3v) is 3.66. The van der Waals surface area contributed by atoms with Gasteiger partial charge in [0.05, 0.1) is 6.54 Å². The van der Waals surface area contributed by atoms with E-state index < -0.39 is 6.10 Å². The minimum atomic E-state index is -0.548. The summed E-state index contributed by atoms with van der Waals surface area (Å²) in [6.07, 6.45) is -0.548. The SMILES string of the molecule is Cc1cccc(O[C@H](C)C(=O)NCCOc2ccc(C)cc2C)c1. The predicted molar refractivity (Wildman–Crippen MR) is 95.7 cm³/mol. The Morgan fingerprint density at radius 1 is 1.08 bits per heavy atom. The number of aryl methyl sites for hydroxylation is 3. The third kappa shape index (κ3) is 5.30. The van der Waals surface area contributed by atoms with Gasteiger partial charge < -0.3 is 14.8 Å². The molecule has 24 heavy (non-hydrogen) atoms. The molecule has 0 saturated carbocycles. The van der Waals surface area contributed by atoms with Gasteiger partial charge in [-0.25, -0.2) is 0 Å². The van der Waals surface area contributed by atoms with Crippen molar-refractivity contribution in [3.63, 3.8) is 0 Å².